The van der Waals surface area contributed by atoms with E-state index >= 15 is 0 Å². The quantitative estimate of drug-likeness (QED) is 0.742. The molecule has 0 bridgehead atoms. The maximum absolute atomic E-state index is 13.0. The van der Waals surface area contributed by atoms with Crippen LogP contribution in [-0.4, -0.2) is 30.7 Å². The Bertz CT molecular complexity index is 894. The van der Waals surface area contributed by atoms with E-state index in [2.05, 4.69) is 21.1 Å². The first kappa shape index (κ1) is 15.8. The number of para-hydroxylation sites is 2. The number of oxime groups is 1. The van der Waals surface area contributed by atoms with Crippen LogP contribution in [0.3, 0.4) is 0 Å². The highest BCUT2D eigenvalue weighted by Gasteiger charge is 2.56. The summed E-state index contributed by atoms with van der Waals surface area (Å²) in [5, 5.41) is 3.99. The van der Waals surface area contributed by atoms with Gasteiger partial charge in [-0.25, -0.2) is 4.90 Å². The zero-order valence-electron chi connectivity index (χ0n) is 13.2. The van der Waals surface area contributed by atoms with Crippen LogP contribution in [0.5, 0.6) is 5.75 Å². The molecule has 0 saturated carbocycles. The summed E-state index contributed by atoms with van der Waals surface area (Å²) in [6, 6.07) is 14.3. The lowest BCUT2D eigenvalue weighted by molar-refractivity contribution is -0.126. The summed E-state index contributed by atoms with van der Waals surface area (Å²) in [6.07, 6.45) is -0.934. The van der Waals surface area contributed by atoms with Gasteiger partial charge in [0.25, 0.3) is 5.91 Å². The van der Waals surface area contributed by atoms with Crippen molar-refractivity contribution in [1.29, 1.82) is 0 Å². The summed E-state index contributed by atoms with van der Waals surface area (Å²) in [5.74, 6) is -1.10. The molecule has 6 nitrogen and oxygen atoms in total. The Labute approximate surface area is 152 Å². The molecular weight excluding hydrogens is 388 g/mol. The molecule has 2 aliphatic heterocycles. The first-order valence-corrected chi connectivity index (χ1v) is 8.41. The number of imide groups is 1. The highest BCUT2D eigenvalue weighted by atomic mass is 79.9. The third kappa shape index (κ3) is 2.42. The molecule has 2 aromatic carbocycles. The first-order chi connectivity index (χ1) is 12.1. The van der Waals surface area contributed by atoms with Gasteiger partial charge in [0.2, 0.25) is 12.0 Å². The van der Waals surface area contributed by atoms with Crippen molar-refractivity contribution in [2.45, 2.75) is 6.10 Å². The SMILES string of the molecule is COc1ccccc1N1C(=O)[C@H]2C(c3ccc(Br)cc3)=NO[C@H]2C1=O. The minimum atomic E-state index is -0.934. The fourth-order valence-electron chi connectivity index (χ4n) is 3.09. The Morgan fingerprint density at radius 2 is 1.80 bits per heavy atom. The van der Waals surface area contributed by atoms with E-state index in [1.165, 1.54) is 7.11 Å². The number of methoxy groups -OCH3 is 1. The number of halogens is 1. The first-order valence-electron chi connectivity index (χ1n) is 7.62. The summed E-state index contributed by atoms with van der Waals surface area (Å²) < 4.78 is 6.19. The maximum Gasteiger partial charge on any atom is 0.279 e. The van der Waals surface area contributed by atoms with Crippen LogP contribution in [0.25, 0.3) is 0 Å². The lowest BCUT2D eigenvalue weighted by atomic mass is 9.94. The molecule has 0 N–H and O–H groups in total. The number of ether oxygens (including phenoxy) is 1. The Balaban J connectivity index is 1.72. The van der Waals surface area contributed by atoms with Crippen LogP contribution < -0.4 is 9.64 Å². The largest absolute Gasteiger partial charge is 0.495 e. The zero-order valence-corrected chi connectivity index (χ0v) is 14.8. The van der Waals surface area contributed by atoms with Crippen LogP contribution in [0.4, 0.5) is 5.69 Å². The van der Waals surface area contributed by atoms with Gasteiger partial charge in [0, 0.05) is 10.0 Å². The average Bonchev–Trinajstić information content (AvgIpc) is 3.16. The second kappa shape index (κ2) is 6.00. The molecule has 0 radical (unpaired) electrons. The molecule has 2 heterocycles. The Kier molecular flexibility index (Phi) is 3.80. The molecule has 2 aromatic rings. The highest BCUT2D eigenvalue weighted by molar-refractivity contribution is 9.10. The van der Waals surface area contributed by atoms with Gasteiger partial charge in [-0.3, -0.25) is 9.59 Å². The third-order valence-corrected chi connectivity index (χ3v) is 4.81. The van der Waals surface area contributed by atoms with Crippen molar-refractivity contribution in [1.82, 2.24) is 0 Å². The van der Waals surface area contributed by atoms with Crippen LogP contribution >= 0.6 is 15.9 Å². The monoisotopic (exact) mass is 400 g/mol. The highest BCUT2D eigenvalue weighted by Crippen LogP contribution is 2.38. The van der Waals surface area contributed by atoms with E-state index in [1.807, 2.05) is 24.3 Å². The molecule has 7 heteroatoms. The van der Waals surface area contributed by atoms with Crippen molar-refractivity contribution in [3.05, 3.63) is 58.6 Å². The lowest BCUT2D eigenvalue weighted by Gasteiger charge is -2.18. The van der Waals surface area contributed by atoms with Crippen molar-refractivity contribution in [3.63, 3.8) is 0 Å². The van der Waals surface area contributed by atoms with Crippen molar-refractivity contribution in [3.8, 4) is 5.75 Å². The van der Waals surface area contributed by atoms with E-state index in [4.69, 9.17) is 9.57 Å². The molecule has 0 aliphatic carbocycles. The van der Waals surface area contributed by atoms with Gasteiger partial charge in [0.15, 0.2) is 0 Å². The molecule has 2 amide bonds. The smallest absolute Gasteiger partial charge is 0.279 e. The molecule has 0 spiro atoms. The van der Waals surface area contributed by atoms with Gasteiger partial charge < -0.3 is 9.57 Å². The number of rotatable bonds is 3. The predicted octanol–water partition coefficient (Wildman–Crippen LogP) is 2.75. The maximum atomic E-state index is 13.0. The van der Waals surface area contributed by atoms with Gasteiger partial charge >= 0.3 is 0 Å². The minimum Gasteiger partial charge on any atom is -0.495 e. The molecular formula is C18H13BrN2O4. The van der Waals surface area contributed by atoms with Crippen LogP contribution in [0.15, 0.2) is 58.2 Å². The van der Waals surface area contributed by atoms with E-state index in [1.54, 1.807) is 24.3 Å². The number of anilines is 1. The topological polar surface area (TPSA) is 68.2 Å². The van der Waals surface area contributed by atoms with Crippen LogP contribution in [0.2, 0.25) is 0 Å². The molecule has 4 rings (SSSR count). The van der Waals surface area contributed by atoms with Crippen LogP contribution in [0.1, 0.15) is 5.56 Å². The molecule has 1 saturated heterocycles. The molecule has 25 heavy (non-hydrogen) atoms. The molecule has 2 atom stereocenters. The van der Waals surface area contributed by atoms with Crippen molar-refractivity contribution in [2.75, 3.05) is 12.0 Å². The van der Waals surface area contributed by atoms with Crippen molar-refractivity contribution in [2.24, 2.45) is 11.1 Å². The summed E-state index contributed by atoms with van der Waals surface area (Å²) in [6.45, 7) is 0. The number of fused-ring (bicyclic) bond motifs is 1. The summed E-state index contributed by atoms with van der Waals surface area (Å²) in [7, 11) is 1.50. The van der Waals surface area contributed by atoms with Gasteiger partial charge in [0.1, 0.15) is 17.4 Å². The van der Waals surface area contributed by atoms with Crippen molar-refractivity contribution >= 4 is 39.1 Å². The van der Waals surface area contributed by atoms with E-state index < -0.39 is 17.9 Å². The standard InChI is InChI=1S/C18H13BrN2O4/c1-24-13-5-3-2-4-12(13)21-17(22)14-15(20-25-16(14)18(21)23)10-6-8-11(19)9-7-10/h2-9,14,16H,1H3/t14-,16+/m0/s1. The average molecular weight is 401 g/mol. The lowest BCUT2D eigenvalue weighted by Crippen LogP contribution is -2.33. The predicted molar refractivity (Wildman–Crippen MR) is 94.5 cm³/mol. The molecule has 1 fully saturated rings. The molecule has 2 aliphatic rings. The van der Waals surface area contributed by atoms with E-state index in [-0.39, 0.29) is 5.91 Å². The van der Waals surface area contributed by atoms with Gasteiger partial charge in [-0.15, -0.1) is 0 Å². The Morgan fingerprint density at radius 3 is 2.52 bits per heavy atom. The number of hydrogen-bond donors (Lipinski definition) is 0. The Morgan fingerprint density at radius 1 is 1.08 bits per heavy atom. The van der Waals surface area contributed by atoms with E-state index in [0.29, 0.717) is 17.1 Å². The van der Waals surface area contributed by atoms with E-state index in [0.717, 1.165) is 14.9 Å². The molecule has 0 aromatic heterocycles. The summed E-state index contributed by atoms with van der Waals surface area (Å²) >= 11 is 3.37. The number of hydrogen-bond acceptors (Lipinski definition) is 5. The third-order valence-electron chi connectivity index (χ3n) is 4.28. The van der Waals surface area contributed by atoms with Crippen LogP contribution in [0, 0.1) is 5.92 Å². The number of amides is 2. The molecule has 126 valence electrons. The minimum absolute atomic E-state index is 0.362. The normalized spacial score (nSPS) is 21.8. The fourth-order valence-corrected chi connectivity index (χ4v) is 3.35. The fraction of sp³-hybridized carbons (Fsp3) is 0.167. The van der Waals surface area contributed by atoms with Crippen LogP contribution in [-0.2, 0) is 14.4 Å². The number of nitrogens with zero attached hydrogens (tertiary/aromatic N) is 2. The van der Waals surface area contributed by atoms with Gasteiger partial charge in [-0.05, 0) is 24.3 Å². The number of carbonyl (C=O) groups is 2. The Hall–Kier alpha value is -2.67. The number of carbonyl (C=O) groups excluding carboxylic acids is 2. The van der Waals surface area contributed by atoms with Gasteiger partial charge in [-0.2, -0.15) is 0 Å². The van der Waals surface area contributed by atoms with Gasteiger partial charge in [0.05, 0.1) is 12.8 Å². The second-order valence-electron chi connectivity index (χ2n) is 5.67. The number of benzene rings is 2. The van der Waals surface area contributed by atoms with Crippen molar-refractivity contribution < 1.29 is 19.2 Å². The van der Waals surface area contributed by atoms with E-state index in [9.17, 15) is 9.59 Å². The summed E-state index contributed by atoms with van der Waals surface area (Å²) in [5.41, 5.74) is 1.63. The second-order valence-corrected chi connectivity index (χ2v) is 6.59. The summed E-state index contributed by atoms with van der Waals surface area (Å²) in [4.78, 5) is 32.2. The molecule has 0 unspecified atom stereocenters. The van der Waals surface area contributed by atoms with Gasteiger partial charge in [-0.1, -0.05) is 45.4 Å². The zero-order chi connectivity index (χ0) is 17.6.